The molecule has 0 aromatic heterocycles. The zero-order valence-electron chi connectivity index (χ0n) is 10.7. The Labute approximate surface area is 127 Å². The van der Waals surface area contributed by atoms with E-state index < -0.39 is 17.8 Å². The molecule has 0 radical (unpaired) electrons. The molecule has 4 nitrogen and oxygen atoms in total. The fourth-order valence-electron chi connectivity index (χ4n) is 2.56. The smallest absolute Gasteiger partial charge is 0.307 e. The summed E-state index contributed by atoms with van der Waals surface area (Å²) in [6.07, 6.45) is 2.86. The fourth-order valence-corrected chi connectivity index (χ4v) is 3.01. The van der Waals surface area contributed by atoms with Gasteiger partial charge in [0.1, 0.15) is 0 Å². The van der Waals surface area contributed by atoms with Crippen LogP contribution in [0.15, 0.2) is 18.2 Å². The Hall–Kier alpha value is -1.26. The molecule has 6 heteroatoms. The van der Waals surface area contributed by atoms with Crippen molar-refractivity contribution in [2.45, 2.75) is 25.7 Å². The van der Waals surface area contributed by atoms with Crippen molar-refractivity contribution in [3.05, 3.63) is 28.2 Å². The second kappa shape index (κ2) is 6.46. The number of carboxylic acids is 1. The van der Waals surface area contributed by atoms with E-state index in [-0.39, 0.29) is 5.91 Å². The molecule has 0 aliphatic heterocycles. The van der Waals surface area contributed by atoms with Crippen LogP contribution in [0.1, 0.15) is 25.7 Å². The largest absolute Gasteiger partial charge is 0.481 e. The van der Waals surface area contributed by atoms with Gasteiger partial charge in [0.05, 0.1) is 22.5 Å². The SMILES string of the molecule is O=C(O)[C@@H]1CCCC[C@H]1C(=O)Nc1ccc(Cl)cc1Cl. The lowest BCUT2D eigenvalue weighted by atomic mass is 9.78. The Kier molecular flexibility index (Phi) is 4.89. The van der Waals surface area contributed by atoms with Crippen LogP contribution < -0.4 is 5.32 Å². The van der Waals surface area contributed by atoms with E-state index in [4.69, 9.17) is 23.2 Å². The maximum Gasteiger partial charge on any atom is 0.307 e. The number of hydrogen-bond donors (Lipinski definition) is 2. The molecule has 0 unspecified atom stereocenters. The van der Waals surface area contributed by atoms with Gasteiger partial charge < -0.3 is 10.4 Å². The zero-order valence-corrected chi connectivity index (χ0v) is 12.2. The summed E-state index contributed by atoms with van der Waals surface area (Å²) in [5, 5.41) is 12.7. The van der Waals surface area contributed by atoms with Crippen LogP contribution in [0.2, 0.25) is 10.0 Å². The summed E-state index contributed by atoms with van der Waals surface area (Å²) in [6, 6.07) is 4.77. The quantitative estimate of drug-likeness (QED) is 0.891. The summed E-state index contributed by atoms with van der Waals surface area (Å²) in [7, 11) is 0. The third-order valence-electron chi connectivity index (χ3n) is 3.61. The van der Waals surface area contributed by atoms with Gasteiger partial charge in [0, 0.05) is 5.02 Å². The molecular weight excluding hydrogens is 301 g/mol. The van der Waals surface area contributed by atoms with Gasteiger partial charge in [0.2, 0.25) is 5.91 Å². The summed E-state index contributed by atoms with van der Waals surface area (Å²) < 4.78 is 0. The lowest BCUT2D eigenvalue weighted by Gasteiger charge is -2.27. The van der Waals surface area contributed by atoms with Crippen LogP contribution in [-0.2, 0) is 9.59 Å². The molecule has 1 amide bonds. The first kappa shape index (κ1) is 15.1. The summed E-state index contributed by atoms with van der Waals surface area (Å²) in [4.78, 5) is 23.5. The summed E-state index contributed by atoms with van der Waals surface area (Å²) in [5.41, 5.74) is 0.454. The highest BCUT2D eigenvalue weighted by Gasteiger charge is 2.35. The summed E-state index contributed by atoms with van der Waals surface area (Å²) in [6.45, 7) is 0. The number of carbonyl (C=O) groups excluding carboxylic acids is 1. The topological polar surface area (TPSA) is 66.4 Å². The standard InChI is InChI=1S/C14H15Cl2NO3/c15-8-5-6-12(11(16)7-8)17-13(18)9-3-1-2-4-10(9)14(19)20/h5-7,9-10H,1-4H2,(H,17,18)(H,19,20)/t9-,10-/m1/s1. The molecule has 0 spiro atoms. The number of carbonyl (C=O) groups is 2. The van der Waals surface area contributed by atoms with Crippen LogP contribution >= 0.6 is 23.2 Å². The minimum absolute atomic E-state index is 0.290. The minimum Gasteiger partial charge on any atom is -0.481 e. The van der Waals surface area contributed by atoms with Gasteiger partial charge in [-0.2, -0.15) is 0 Å². The number of nitrogens with one attached hydrogen (secondary N) is 1. The molecule has 1 fully saturated rings. The monoisotopic (exact) mass is 315 g/mol. The number of halogens is 2. The first-order chi connectivity index (χ1) is 9.49. The number of benzene rings is 1. The maximum atomic E-state index is 12.3. The van der Waals surface area contributed by atoms with Gasteiger partial charge in [-0.3, -0.25) is 9.59 Å². The van der Waals surface area contributed by atoms with Gasteiger partial charge in [-0.05, 0) is 31.0 Å². The van der Waals surface area contributed by atoms with Crippen LogP contribution in [0.3, 0.4) is 0 Å². The highest BCUT2D eigenvalue weighted by Crippen LogP contribution is 2.32. The van der Waals surface area contributed by atoms with Crippen molar-refractivity contribution in [2.75, 3.05) is 5.32 Å². The number of aliphatic carboxylic acids is 1. The van der Waals surface area contributed by atoms with Crippen LogP contribution in [0, 0.1) is 11.8 Å². The Morgan fingerprint density at radius 2 is 1.80 bits per heavy atom. The number of hydrogen-bond acceptors (Lipinski definition) is 2. The molecule has 1 aromatic carbocycles. The lowest BCUT2D eigenvalue weighted by molar-refractivity contribution is -0.147. The molecule has 20 heavy (non-hydrogen) atoms. The highest BCUT2D eigenvalue weighted by molar-refractivity contribution is 6.36. The van der Waals surface area contributed by atoms with Crippen molar-refractivity contribution in [3.8, 4) is 0 Å². The van der Waals surface area contributed by atoms with Crippen molar-refractivity contribution < 1.29 is 14.7 Å². The van der Waals surface area contributed by atoms with Crippen molar-refractivity contribution >= 4 is 40.8 Å². The third-order valence-corrected chi connectivity index (χ3v) is 4.16. The molecule has 0 bridgehead atoms. The van der Waals surface area contributed by atoms with E-state index in [9.17, 15) is 14.7 Å². The molecule has 0 saturated heterocycles. The van der Waals surface area contributed by atoms with Crippen molar-refractivity contribution in [1.29, 1.82) is 0 Å². The van der Waals surface area contributed by atoms with Gasteiger partial charge in [0.25, 0.3) is 0 Å². The summed E-state index contributed by atoms with van der Waals surface area (Å²) >= 11 is 11.8. The minimum atomic E-state index is -0.910. The predicted octanol–water partition coefficient (Wildman–Crippen LogP) is 3.82. The molecule has 1 aliphatic carbocycles. The predicted molar refractivity (Wildman–Crippen MR) is 78.2 cm³/mol. The normalized spacial score (nSPS) is 22.3. The molecular formula is C14H15Cl2NO3. The van der Waals surface area contributed by atoms with Gasteiger partial charge in [-0.1, -0.05) is 36.0 Å². The van der Waals surface area contributed by atoms with E-state index in [2.05, 4.69) is 5.32 Å². The van der Waals surface area contributed by atoms with Crippen molar-refractivity contribution in [1.82, 2.24) is 0 Å². The van der Waals surface area contributed by atoms with Crippen molar-refractivity contribution in [2.24, 2.45) is 11.8 Å². The number of carboxylic acid groups (broad SMARTS) is 1. The van der Waals surface area contributed by atoms with Gasteiger partial charge in [-0.25, -0.2) is 0 Å². The molecule has 1 saturated carbocycles. The van der Waals surface area contributed by atoms with E-state index in [1.54, 1.807) is 12.1 Å². The van der Waals surface area contributed by atoms with E-state index >= 15 is 0 Å². The number of anilines is 1. The van der Waals surface area contributed by atoms with Crippen LogP contribution in [0.5, 0.6) is 0 Å². The molecule has 2 rings (SSSR count). The van der Waals surface area contributed by atoms with Gasteiger partial charge in [-0.15, -0.1) is 0 Å². The van der Waals surface area contributed by atoms with Crippen LogP contribution in [0.4, 0.5) is 5.69 Å². The molecule has 0 heterocycles. The third kappa shape index (κ3) is 3.44. The molecule has 1 aliphatic rings. The zero-order chi connectivity index (χ0) is 14.7. The second-order valence-corrected chi connectivity index (χ2v) is 5.79. The Bertz CT molecular complexity index is 533. The first-order valence-corrected chi connectivity index (χ1v) is 7.23. The molecule has 2 atom stereocenters. The van der Waals surface area contributed by atoms with Crippen LogP contribution in [0.25, 0.3) is 0 Å². The van der Waals surface area contributed by atoms with Crippen molar-refractivity contribution in [3.63, 3.8) is 0 Å². The summed E-state index contributed by atoms with van der Waals surface area (Å²) in [5.74, 6) is -2.32. The van der Waals surface area contributed by atoms with E-state index in [0.29, 0.717) is 28.6 Å². The Morgan fingerprint density at radius 3 is 2.40 bits per heavy atom. The Morgan fingerprint density at radius 1 is 1.15 bits per heavy atom. The average molecular weight is 316 g/mol. The highest BCUT2D eigenvalue weighted by atomic mass is 35.5. The average Bonchev–Trinajstić information content (AvgIpc) is 2.41. The fraction of sp³-hybridized carbons (Fsp3) is 0.429. The molecule has 1 aromatic rings. The van der Waals surface area contributed by atoms with E-state index in [1.807, 2.05) is 0 Å². The van der Waals surface area contributed by atoms with Crippen LogP contribution in [-0.4, -0.2) is 17.0 Å². The first-order valence-electron chi connectivity index (χ1n) is 6.48. The van der Waals surface area contributed by atoms with Gasteiger partial charge >= 0.3 is 5.97 Å². The van der Waals surface area contributed by atoms with Gasteiger partial charge in [0.15, 0.2) is 0 Å². The maximum absolute atomic E-state index is 12.3. The number of rotatable bonds is 3. The molecule has 108 valence electrons. The second-order valence-electron chi connectivity index (χ2n) is 4.95. The number of amides is 1. The van der Waals surface area contributed by atoms with E-state index in [1.165, 1.54) is 6.07 Å². The molecule has 2 N–H and O–H groups in total. The lowest BCUT2D eigenvalue weighted by Crippen LogP contribution is -2.36. The Balaban J connectivity index is 2.12. The van der Waals surface area contributed by atoms with E-state index in [0.717, 1.165) is 12.8 Å².